The molecule has 4 nitrogen and oxygen atoms in total. The number of rotatable bonds is 5. The average Bonchev–Trinajstić information content (AvgIpc) is 3.78. The van der Waals surface area contributed by atoms with Crippen molar-refractivity contribution in [3.05, 3.63) is 77.4 Å². The first kappa shape index (κ1) is 31.1. The zero-order valence-electron chi connectivity index (χ0n) is 23.1. The molecule has 238 valence electrons. The van der Waals surface area contributed by atoms with Gasteiger partial charge in [-0.2, -0.15) is 30.6 Å². The molecule has 17 heteroatoms. The van der Waals surface area contributed by atoms with Crippen LogP contribution in [0.3, 0.4) is 0 Å². The van der Waals surface area contributed by atoms with Crippen molar-refractivity contribution in [3.63, 3.8) is 0 Å². The minimum absolute atomic E-state index is 0.0368. The lowest BCUT2D eigenvalue weighted by atomic mass is 10.0. The normalized spacial score (nSPS) is 14.7. The molecule has 0 aliphatic carbocycles. The molecule has 46 heavy (non-hydrogen) atoms. The molecule has 0 radical (unpaired) electrons. The van der Waals surface area contributed by atoms with E-state index in [1.807, 2.05) is 32.0 Å². The topological polar surface area (TPSA) is 50.5 Å². The SMILES string of the molecule is Cc1ccc(-c2ccc(-c3c4c(c(-c5ccc(-c6ccc(C(F)(F)F)c(S(F)(F)(F)(F)F)c6)s5)c5nsnc35)N=S=N4)s2)cc1C. The summed E-state index contributed by atoms with van der Waals surface area (Å²) in [5.74, 6) is 0. The largest absolute Gasteiger partial charge is 0.417 e. The van der Waals surface area contributed by atoms with Gasteiger partial charge in [-0.15, -0.1) is 22.7 Å². The quantitative estimate of drug-likeness (QED) is 0.165. The van der Waals surface area contributed by atoms with Gasteiger partial charge in [-0.05, 0) is 72.5 Å². The molecule has 7 rings (SSSR count). The number of alkyl halides is 3. The molecule has 0 saturated carbocycles. The molecule has 0 bridgehead atoms. The molecule has 4 heterocycles. The van der Waals surface area contributed by atoms with Gasteiger partial charge in [-0.25, -0.2) is 0 Å². The van der Waals surface area contributed by atoms with Gasteiger partial charge in [0.2, 0.25) is 0 Å². The fourth-order valence-electron chi connectivity index (χ4n) is 5.10. The van der Waals surface area contributed by atoms with E-state index in [0.29, 0.717) is 32.8 Å². The lowest BCUT2D eigenvalue weighted by molar-refractivity contribution is -0.140. The molecule has 0 N–H and O–H groups in total. The summed E-state index contributed by atoms with van der Waals surface area (Å²) in [7, 11) is -10.7. The van der Waals surface area contributed by atoms with E-state index >= 15 is 0 Å². The van der Waals surface area contributed by atoms with E-state index < -0.39 is 32.4 Å². The minimum atomic E-state index is -10.7. The molecule has 1 aliphatic rings. The highest BCUT2D eigenvalue weighted by molar-refractivity contribution is 8.45. The first-order valence-electron chi connectivity index (χ1n) is 13.0. The summed E-state index contributed by atoms with van der Waals surface area (Å²) in [5, 5.41) is 0. The van der Waals surface area contributed by atoms with Gasteiger partial charge in [0.1, 0.15) is 27.3 Å². The van der Waals surface area contributed by atoms with Gasteiger partial charge in [0.15, 0.2) is 0 Å². The number of benzene rings is 3. The van der Waals surface area contributed by atoms with Gasteiger partial charge in [-0.3, -0.25) is 0 Å². The van der Waals surface area contributed by atoms with Crippen molar-refractivity contribution in [2.45, 2.75) is 24.9 Å². The molecule has 0 atom stereocenters. The van der Waals surface area contributed by atoms with Crippen LogP contribution in [0.4, 0.5) is 44.0 Å². The Morgan fingerprint density at radius 2 is 1.11 bits per heavy atom. The summed E-state index contributed by atoms with van der Waals surface area (Å²) in [6, 6.07) is 13.7. The van der Waals surface area contributed by atoms with Gasteiger partial charge in [-0.1, -0.05) is 43.7 Å². The van der Waals surface area contributed by atoms with E-state index in [-0.39, 0.29) is 17.0 Å². The van der Waals surface area contributed by atoms with E-state index in [1.54, 1.807) is 11.3 Å². The Bertz CT molecular complexity index is 2310. The van der Waals surface area contributed by atoms with Gasteiger partial charge < -0.3 is 0 Å². The number of fused-ring (bicyclic) bond motifs is 2. The Balaban J connectivity index is 1.35. The highest BCUT2D eigenvalue weighted by Crippen LogP contribution is 3.02. The molecule has 0 fully saturated rings. The Hall–Kier alpha value is -3.51. The van der Waals surface area contributed by atoms with Crippen molar-refractivity contribution in [1.29, 1.82) is 0 Å². The lowest BCUT2D eigenvalue weighted by Crippen LogP contribution is -2.16. The summed E-state index contributed by atoms with van der Waals surface area (Å²) in [4.78, 5) is -0.583. The second kappa shape index (κ2) is 9.76. The van der Waals surface area contributed by atoms with Gasteiger partial charge in [0, 0.05) is 30.6 Å². The summed E-state index contributed by atoms with van der Waals surface area (Å²) in [6.45, 7) is 4.08. The van der Waals surface area contributed by atoms with Crippen LogP contribution in [0.25, 0.3) is 52.8 Å². The number of hydrogen-bond donors (Lipinski definition) is 0. The van der Waals surface area contributed by atoms with Crippen molar-refractivity contribution in [3.8, 4) is 41.8 Å². The number of aryl methyl sites for hydroxylation is 2. The summed E-state index contributed by atoms with van der Waals surface area (Å²) in [5.41, 5.74) is 3.67. The molecule has 0 saturated heterocycles. The molecule has 6 aromatic rings. The molecule has 3 aromatic carbocycles. The van der Waals surface area contributed by atoms with Crippen molar-refractivity contribution in [1.82, 2.24) is 8.75 Å². The Morgan fingerprint density at radius 3 is 1.61 bits per heavy atom. The number of hydrogen-bond acceptors (Lipinski definition) is 7. The van der Waals surface area contributed by atoms with Gasteiger partial charge >= 0.3 is 16.4 Å². The van der Waals surface area contributed by atoms with Crippen LogP contribution in [0.5, 0.6) is 0 Å². The Morgan fingerprint density at radius 1 is 0.609 bits per heavy atom. The maximum Gasteiger partial charge on any atom is 0.417 e. The predicted octanol–water partition coefficient (Wildman–Crippen LogP) is 13.5. The van der Waals surface area contributed by atoms with Crippen molar-refractivity contribution < 1.29 is 32.6 Å². The van der Waals surface area contributed by atoms with Crippen LogP contribution in [0.15, 0.2) is 74.3 Å². The van der Waals surface area contributed by atoms with Crippen LogP contribution in [0.1, 0.15) is 16.7 Å². The number of thiophene rings is 2. The standard InChI is InChI=1S/C29H16F8N4S5/c1-13-3-4-15(11-14(13)2)18-7-9-20(42-18)23-25-27(40-44-38-25)24(28-26(23)39-45-41-28)21-10-8-19(43-21)16-5-6-17(29(30,31)32)22(12-16)46(33,34,35,36)37/h3-12H,1-2H3. The van der Waals surface area contributed by atoms with Crippen LogP contribution < -0.4 is 0 Å². The molecular weight excluding hydrogens is 717 g/mol. The lowest BCUT2D eigenvalue weighted by Gasteiger charge is -2.42. The smallest absolute Gasteiger partial charge is 0.172 e. The van der Waals surface area contributed by atoms with Crippen molar-refractivity contribution in [2.75, 3.05) is 0 Å². The maximum atomic E-state index is 13.8. The van der Waals surface area contributed by atoms with E-state index in [2.05, 4.69) is 29.6 Å². The number of nitrogens with zero attached hydrogens (tertiary/aromatic N) is 4. The van der Waals surface area contributed by atoms with Crippen LogP contribution in [-0.4, -0.2) is 8.75 Å². The second-order valence-electron chi connectivity index (χ2n) is 10.5. The molecule has 0 unspecified atom stereocenters. The van der Waals surface area contributed by atoms with Crippen LogP contribution in [0, 0.1) is 13.8 Å². The predicted molar refractivity (Wildman–Crippen MR) is 172 cm³/mol. The number of halogens is 8. The molecule has 3 aromatic heterocycles. The first-order valence-corrected chi connectivity index (χ1v) is 18.1. The molecule has 1 aliphatic heterocycles. The average molecular weight is 733 g/mol. The minimum Gasteiger partial charge on any atom is -0.172 e. The summed E-state index contributed by atoms with van der Waals surface area (Å²) in [6.07, 6.45) is -5.64. The van der Waals surface area contributed by atoms with Crippen LogP contribution in [0.2, 0.25) is 0 Å². The molecular formula is C29H16F8N4S5. The van der Waals surface area contributed by atoms with Gasteiger partial charge in [0.05, 0.1) is 28.6 Å². The first-order chi connectivity index (χ1) is 21.4. The fraction of sp³-hybridized carbons (Fsp3) is 0.103. The zero-order chi connectivity index (χ0) is 32.9. The molecule has 0 amide bonds. The van der Waals surface area contributed by atoms with E-state index in [4.69, 9.17) is 0 Å². The third kappa shape index (κ3) is 5.36. The fourth-order valence-corrected chi connectivity index (χ4v) is 9.27. The Labute approximate surface area is 271 Å². The Kier molecular flexibility index (Phi) is 6.60. The third-order valence-corrected chi connectivity index (χ3v) is 11.9. The van der Waals surface area contributed by atoms with Crippen molar-refractivity contribution >= 4 is 78.4 Å². The highest BCUT2D eigenvalue weighted by Gasteiger charge is 2.68. The van der Waals surface area contributed by atoms with E-state index in [1.165, 1.54) is 17.7 Å². The molecule has 0 spiro atoms. The maximum absolute atomic E-state index is 13.8. The van der Waals surface area contributed by atoms with Crippen LogP contribution >= 0.6 is 44.6 Å². The zero-order valence-corrected chi connectivity index (χ0v) is 27.2. The monoisotopic (exact) mass is 732 g/mol. The van der Waals surface area contributed by atoms with E-state index in [9.17, 15) is 32.6 Å². The van der Waals surface area contributed by atoms with Gasteiger partial charge in [0.25, 0.3) is 0 Å². The second-order valence-corrected chi connectivity index (χ2v) is 16.1. The summed E-state index contributed by atoms with van der Waals surface area (Å²) >= 11 is 4.35. The van der Waals surface area contributed by atoms with E-state index in [0.717, 1.165) is 66.9 Å². The third-order valence-electron chi connectivity index (χ3n) is 7.41. The van der Waals surface area contributed by atoms with Crippen molar-refractivity contribution in [2.24, 2.45) is 8.73 Å². The highest BCUT2D eigenvalue weighted by atomic mass is 32.5. The number of aromatic nitrogens is 2. The van der Waals surface area contributed by atoms with Crippen LogP contribution in [-0.2, 0) is 17.5 Å². The summed E-state index contributed by atoms with van der Waals surface area (Å²) < 4.78 is 127.